The van der Waals surface area contributed by atoms with Crippen molar-refractivity contribution in [1.82, 2.24) is 10.6 Å². The summed E-state index contributed by atoms with van der Waals surface area (Å²) in [7, 11) is 0. The highest BCUT2D eigenvalue weighted by atomic mass is 19.4. The first-order chi connectivity index (χ1) is 7.35. The molecule has 2 N–H and O–H groups in total. The summed E-state index contributed by atoms with van der Waals surface area (Å²) >= 11 is 0. The third-order valence-corrected chi connectivity index (χ3v) is 2.09. The van der Waals surface area contributed by atoms with E-state index < -0.39 is 18.6 Å². The van der Waals surface area contributed by atoms with Gasteiger partial charge < -0.3 is 10.6 Å². The first-order valence-electron chi connectivity index (χ1n) is 5.42. The molecule has 0 heterocycles. The van der Waals surface area contributed by atoms with Gasteiger partial charge in [0, 0.05) is 6.04 Å². The second-order valence-electron chi connectivity index (χ2n) is 3.82. The van der Waals surface area contributed by atoms with E-state index >= 15 is 0 Å². The van der Waals surface area contributed by atoms with E-state index in [0.717, 1.165) is 19.3 Å². The second-order valence-corrected chi connectivity index (χ2v) is 3.82. The molecule has 0 aliphatic rings. The molecule has 0 bridgehead atoms. The van der Waals surface area contributed by atoms with Crippen LogP contribution in [0.25, 0.3) is 0 Å². The van der Waals surface area contributed by atoms with Crippen molar-refractivity contribution in [3.63, 3.8) is 0 Å². The van der Waals surface area contributed by atoms with Crippen molar-refractivity contribution in [2.75, 3.05) is 13.1 Å². The zero-order valence-corrected chi connectivity index (χ0v) is 9.66. The van der Waals surface area contributed by atoms with E-state index in [9.17, 15) is 18.0 Å². The minimum absolute atomic E-state index is 0.0685. The van der Waals surface area contributed by atoms with Gasteiger partial charge in [-0.05, 0) is 13.3 Å². The summed E-state index contributed by atoms with van der Waals surface area (Å²) in [5.41, 5.74) is 0. The van der Waals surface area contributed by atoms with Crippen LogP contribution in [-0.4, -0.2) is 31.2 Å². The van der Waals surface area contributed by atoms with Crippen LogP contribution in [0.3, 0.4) is 0 Å². The van der Waals surface area contributed by atoms with Crippen LogP contribution in [0.2, 0.25) is 0 Å². The lowest BCUT2D eigenvalue weighted by molar-refractivity contribution is -0.137. The molecular weight excluding hydrogens is 221 g/mol. The number of hydrogen-bond donors (Lipinski definition) is 2. The second kappa shape index (κ2) is 7.49. The van der Waals surface area contributed by atoms with Gasteiger partial charge in [0.25, 0.3) is 0 Å². The molecule has 0 aromatic rings. The fourth-order valence-electron chi connectivity index (χ4n) is 1.14. The molecule has 1 amide bonds. The number of nitrogens with one attached hydrogen (secondary N) is 2. The molecule has 0 radical (unpaired) electrons. The van der Waals surface area contributed by atoms with Gasteiger partial charge in [-0.25, -0.2) is 0 Å². The molecule has 0 aromatic heterocycles. The standard InChI is InChI=1S/C10H19F3N2O/c1-3-4-5-8(2)14-6-9(16)15-7-10(11,12)13/h8,14H,3-7H2,1-2H3,(H,15,16). The number of rotatable bonds is 7. The van der Waals surface area contributed by atoms with Crippen molar-refractivity contribution in [2.45, 2.75) is 45.3 Å². The molecule has 16 heavy (non-hydrogen) atoms. The fraction of sp³-hybridized carbons (Fsp3) is 0.900. The lowest BCUT2D eigenvalue weighted by Crippen LogP contribution is -2.41. The molecule has 0 saturated heterocycles. The third kappa shape index (κ3) is 9.76. The Labute approximate surface area is 93.8 Å². The smallest absolute Gasteiger partial charge is 0.346 e. The minimum atomic E-state index is -4.34. The average molecular weight is 240 g/mol. The lowest BCUT2D eigenvalue weighted by Gasteiger charge is -2.13. The quantitative estimate of drug-likeness (QED) is 0.713. The summed E-state index contributed by atoms with van der Waals surface area (Å²) in [6.45, 7) is 2.63. The third-order valence-electron chi connectivity index (χ3n) is 2.09. The molecule has 0 saturated carbocycles. The highest BCUT2D eigenvalue weighted by Gasteiger charge is 2.27. The van der Waals surface area contributed by atoms with Gasteiger partial charge >= 0.3 is 6.18 Å². The number of hydrogen-bond acceptors (Lipinski definition) is 2. The van der Waals surface area contributed by atoms with Gasteiger partial charge in [0.2, 0.25) is 5.91 Å². The van der Waals surface area contributed by atoms with Crippen LogP contribution >= 0.6 is 0 Å². The maximum Gasteiger partial charge on any atom is 0.405 e. The van der Waals surface area contributed by atoms with E-state index in [0.29, 0.717) is 0 Å². The molecule has 1 atom stereocenters. The van der Waals surface area contributed by atoms with Crippen LogP contribution in [0.15, 0.2) is 0 Å². The summed E-state index contributed by atoms with van der Waals surface area (Å²) in [5.74, 6) is -0.624. The molecular formula is C10H19F3N2O. The number of alkyl halides is 3. The molecule has 1 unspecified atom stereocenters. The molecule has 0 spiro atoms. The minimum Gasteiger partial charge on any atom is -0.346 e. The van der Waals surface area contributed by atoms with Gasteiger partial charge in [0.05, 0.1) is 6.54 Å². The largest absolute Gasteiger partial charge is 0.405 e. The topological polar surface area (TPSA) is 41.1 Å². The van der Waals surface area contributed by atoms with Crippen LogP contribution in [0.1, 0.15) is 33.1 Å². The monoisotopic (exact) mass is 240 g/mol. The van der Waals surface area contributed by atoms with E-state index in [1.54, 1.807) is 0 Å². The van der Waals surface area contributed by atoms with Gasteiger partial charge in [-0.1, -0.05) is 19.8 Å². The summed E-state index contributed by atoms with van der Waals surface area (Å²) in [6.07, 6.45) is -1.32. The first-order valence-corrected chi connectivity index (χ1v) is 5.42. The van der Waals surface area contributed by atoms with E-state index in [4.69, 9.17) is 0 Å². The molecule has 0 aliphatic heterocycles. The maximum atomic E-state index is 11.7. The van der Waals surface area contributed by atoms with E-state index in [-0.39, 0.29) is 12.6 Å². The zero-order chi connectivity index (χ0) is 12.6. The molecule has 0 aromatic carbocycles. The predicted octanol–water partition coefficient (Wildman–Crippen LogP) is 1.83. The lowest BCUT2D eigenvalue weighted by atomic mass is 10.1. The Bertz CT molecular complexity index is 207. The highest BCUT2D eigenvalue weighted by molar-refractivity contribution is 5.78. The van der Waals surface area contributed by atoms with Crippen LogP contribution < -0.4 is 10.6 Å². The molecule has 0 rings (SSSR count). The summed E-state index contributed by atoms with van der Waals surface area (Å²) < 4.78 is 35.2. The Balaban J connectivity index is 3.57. The van der Waals surface area contributed by atoms with E-state index in [2.05, 4.69) is 12.2 Å². The number of unbranched alkanes of at least 4 members (excludes halogenated alkanes) is 1. The van der Waals surface area contributed by atoms with Crippen molar-refractivity contribution in [2.24, 2.45) is 0 Å². The maximum absolute atomic E-state index is 11.7. The number of carbonyl (C=O) groups is 1. The Morgan fingerprint density at radius 2 is 2.00 bits per heavy atom. The van der Waals surface area contributed by atoms with E-state index in [1.165, 1.54) is 0 Å². The van der Waals surface area contributed by atoms with Gasteiger partial charge in [-0.3, -0.25) is 4.79 Å². The van der Waals surface area contributed by atoms with Crippen LogP contribution in [0.4, 0.5) is 13.2 Å². The van der Waals surface area contributed by atoms with Crippen LogP contribution in [-0.2, 0) is 4.79 Å². The Kier molecular flexibility index (Phi) is 7.12. The van der Waals surface area contributed by atoms with Crippen molar-refractivity contribution in [1.29, 1.82) is 0 Å². The van der Waals surface area contributed by atoms with Crippen molar-refractivity contribution in [3.8, 4) is 0 Å². The Morgan fingerprint density at radius 1 is 1.38 bits per heavy atom. The van der Waals surface area contributed by atoms with E-state index in [1.807, 2.05) is 12.2 Å². The van der Waals surface area contributed by atoms with Gasteiger partial charge in [0.1, 0.15) is 6.54 Å². The van der Waals surface area contributed by atoms with Crippen molar-refractivity contribution in [3.05, 3.63) is 0 Å². The number of carbonyl (C=O) groups excluding carboxylic acids is 1. The summed E-state index contributed by atoms with van der Waals surface area (Å²) in [5, 5.41) is 4.68. The average Bonchev–Trinajstić information content (AvgIpc) is 2.19. The van der Waals surface area contributed by atoms with Crippen LogP contribution in [0, 0.1) is 0 Å². The number of amides is 1. The molecule has 0 aliphatic carbocycles. The SMILES string of the molecule is CCCCC(C)NCC(=O)NCC(F)(F)F. The van der Waals surface area contributed by atoms with Gasteiger partial charge in [-0.2, -0.15) is 13.2 Å². The highest BCUT2D eigenvalue weighted by Crippen LogP contribution is 2.11. The van der Waals surface area contributed by atoms with Gasteiger partial charge in [0.15, 0.2) is 0 Å². The molecule has 3 nitrogen and oxygen atoms in total. The number of halogens is 3. The van der Waals surface area contributed by atoms with Crippen LogP contribution in [0.5, 0.6) is 0 Å². The normalized spacial score (nSPS) is 13.6. The fourth-order valence-corrected chi connectivity index (χ4v) is 1.14. The van der Waals surface area contributed by atoms with Gasteiger partial charge in [-0.15, -0.1) is 0 Å². The zero-order valence-electron chi connectivity index (χ0n) is 9.66. The van der Waals surface area contributed by atoms with Crippen molar-refractivity contribution < 1.29 is 18.0 Å². The van der Waals surface area contributed by atoms with Crippen molar-refractivity contribution >= 4 is 5.91 Å². The Hall–Kier alpha value is -0.780. The predicted molar refractivity (Wildman–Crippen MR) is 56.1 cm³/mol. The summed E-state index contributed by atoms with van der Waals surface area (Å²) in [6, 6.07) is 0.150. The Morgan fingerprint density at radius 3 is 2.50 bits per heavy atom. The molecule has 0 fully saturated rings. The molecule has 96 valence electrons. The summed E-state index contributed by atoms with van der Waals surface area (Å²) in [4.78, 5) is 11.0. The first kappa shape index (κ1) is 15.2. The molecule has 6 heteroatoms.